The lowest BCUT2D eigenvalue weighted by Crippen LogP contribution is -2.42. The van der Waals surface area contributed by atoms with Crippen molar-refractivity contribution < 1.29 is 35.9 Å². The summed E-state index contributed by atoms with van der Waals surface area (Å²) in [5.41, 5.74) is 1.22. The van der Waals surface area contributed by atoms with Crippen LogP contribution in [-0.4, -0.2) is 59.4 Å². The van der Waals surface area contributed by atoms with Gasteiger partial charge in [-0.3, -0.25) is 9.58 Å². The number of sulfone groups is 1. The van der Waals surface area contributed by atoms with E-state index < -0.39 is 27.7 Å². The first-order valence-corrected chi connectivity index (χ1v) is 13.2. The van der Waals surface area contributed by atoms with Crippen molar-refractivity contribution in [2.45, 2.75) is 38.5 Å². The van der Waals surface area contributed by atoms with Gasteiger partial charge in [0.15, 0.2) is 0 Å². The normalized spacial score (nSPS) is 15.8. The molecule has 0 bridgehead atoms. The molecule has 0 fully saturated rings. The average Bonchev–Trinajstić information content (AvgIpc) is 3.30. The largest absolute Gasteiger partial charge is 0.452 e. The van der Waals surface area contributed by atoms with Gasteiger partial charge in [0.25, 0.3) is 0 Å². The molecule has 37 heavy (non-hydrogen) atoms. The minimum Gasteiger partial charge on any atom is -0.452 e. The van der Waals surface area contributed by atoms with Crippen LogP contribution >= 0.6 is 0 Å². The first-order valence-electron chi connectivity index (χ1n) is 11.2. The van der Waals surface area contributed by atoms with E-state index in [1.807, 2.05) is 6.92 Å². The van der Waals surface area contributed by atoms with Crippen LogP contribution in [0.5, 0.6) is 11.8 Å². The number of amides is 1. The maximum Gasteiger partial charge on any atom is 0.419 e. The number of nitrogens with zero attached hydrogens (tertiary/aromatic N) is 5. The van der Waals surface area contributed by atoms with Crippen LogP contribution in [-0.2, 0) is 33.7 Å². The molecule has 3 heterocycles. The number of fused-ring (bicyclic) bond motifs is 1. The highest BCUT2D eigenvalue weighted by Gasteiger charge is 2.34. The molecule has 0 spiro atoms. The fraction of sp³-hybridized carbons (Fsp3) is 0.391. The first kappa shape index (κ1) is 26.4. The topological polar surface area (TPSA) is 117 Å². The predicted molar refractivity (Wildman–Crippen MR) is 127 cm³/mol. The van der Waals surface area contributed by atoms with Gasteiger partial charge in [0.05, 0.1) is 36.9 Å². The molecule has 0 radical (unpaired) electrons. The van der Waals surface area contributed by atoms with Crippen molar-refractivity contribution in [2.24, 2.45) is 0 Å². The number of methoxy groups -OCH3 is 1. The van der Waals surface area contributed by atoms with Gasteiger partial charge in [-0.2, -0.15) is 18.3 Å². The standard InChI is InChI=1S/C23H24F3N5O5S/c1-14-4-5-18-19(31(14)22(32)35-2)7-6-17(15-10-29-30(13-15)8-9-37(3,33)34)20(18)36-21-27-11-16(12-28-21)23(24,25)26/h6-7,10-14H,4-5,8-9H2,1-3H3. The zero-order valence-corrected chi connectivity index (χ0v) is 21.0. The van der Waals surface area contributed by atoms with Crippen LogP contribution in [0.25, 0.3) is 11.1 Å². The second-order valence-electron chi connectivity index (χ2n) is 8.64. The Hall–Kier alpha value is -3.68. The van der Waals surface area contributed by atoms with Gasteiger partial charge in [0, 0.05) is 47.6 Å². The van der Waals surface area contributed by atoms with Gasteiger partial charge in [-0.25, -0.2) is 23.2 Å². The summed E-state index contributed by atoms with van der Waals surface area (Å²) >= 11 is 0. The Bertz CT molecular complexity index is 1410. The maximum absolute atomic E-state index is 13.0. The Morgan fingerprint density at radius 1 is 1.19 bits per heavy atom. The molecule has 0 aliphatic carbocycles. The van der Waals surface area contributed by atoms with Crippen LogP contribution in [0.3, 0.4) is 0 Å². The van der Waals surface area contributed by atoms with E-state index in [0.717, 1.165) is 6.26 Å². The predicted octanol–water partition coefficient (Wildman–Crippen LogP) is 4.10. The lowest BCUT2D eigenvalue weighted by atomic mass is 9.92. The molecular formula is C23H24F3N5O5S. The molecule has 1 aliphatic heterocycles. The highest BCUT2D eigenvalue weighted by atomic mass is 32.2. The van der Waals surface area contributed by atoms with Crippen LogP contribution < -0.4 is 9.64 Å². The van der Waals surface area contributed by atoms with E-state index in [4.69, 9.17) is 9.47 Å². The van der Waals surface area contributed by atoms with Crippen molar-refractivity contribution in [2.75, 3.05) is 24.0 Å². The molecule has 1 unspecified atom stereocenters. The van der Waals surface area contributed by atoms with Gasteiger partial charge in [0.1, 0.15) is 15.6 Å². The smallest absolute Gasteiger partial charge is 0.419 e. The molecule has 2 aromatic heterocycles. The molecule has 1 aromatic carbocycles. The molecule has 1 aliphatic rings. The van der Waals surface area contributed by atoms with Crippen LogP contribution in [0.4, 0.5) is 23.7 Å². The van der Waals surface area contributed by atoms with E-state index in [0.29, 0.717) is 47.6 Å². The number of ether oxygens (including phenoxy) is 2. The van der Waals surface area contributed by atoms with Crippen molar-refractivity contribution in [3.8, 4) is 22.9 Å². The number of carbonyl (C=O) groups excluding carboxylic acids is 1. The molecule has 1 amide bonds. The van der Waals surface area contributed by atoms with Gasteiger partial charge in [0.2, 0.25) is 0 Å². The number of aromatic nitrogens is 4. The molecular weight excluding hydrogens is 515 g/mol. The summed E-state index contributed by atoms with van der Waals surface area (Å²) in [5, 5.41) is 4.22. The van der Waals surface area contributed by atoms with Crippen molar-refractivity contribution in [3.05, 3.63) is 48.0 Å². The number of anilines is 1. The summed E-state index contributed by atoms with van der Waals surface area (Å²) in [6.45, 7) is 2.01. The number of hydrogen-bond donors (Lipinski definition) is 0. The number of benzene rings is 1. The van der Waals surface area contributed by atoms with E-state index in [1.54, 1.807) is 18.3 Å². The van der Waals surface area contributed by atoms with Crippen LogP contribution in [0.15, 0.2) is 36.9 Å². The molecule has 0 saturated heterocycles. The minimum absolute atomic E-state index is 0.104. The third-order valence-electron chi connectivity index (χ3n) is 5.90. The summed E-state index contributed by atoms with van der Waals surface area (Å²) in [5.74, 6) is 0.147. The summed E-state index contributed by atoms with van der Waals surface area (Å²) in [4.78, 5) is 21.5. The molecule has 1 atom stereocenters. The second kappa shape index (κ2) is 10.00. The van der Waals surface area contributed by atoms with Crippen LogP contribution in [0.2, 0.25) is 0 Å². The number of hydrogen-bond acceptors (Lipinski definition) is 8. The van der Waals surface area contributed by atoms with Crippen molar-refractivity contribution in [3.63, 3.8) is 0 Å². The summed E-state index contributed by atoms with van der Waals surface area (Å²) in [7, 11) is -1.93. The van der Waals surface area contributed by atoms with Gasteiger partial charge < -0.3 is 9.47 Å². The fourth-order valence-corrected chi connectivity index (χ4v) is 4.53. The van der Waals surface area contributed by atoms with Crippen molar-refractivity contribution >= 4 is 21.6 Å². The average molecular weight is 540 g/mol. The Balaban J connectivity index is 1.79. The first-order chi connectivity index (χ1) is 17.4. The Morgan fingerprint density at radius 3 is 2.51 bits per heavy atom. The number of halogens is 3. The highest BCUT2D eigenvalue weighted by molar-refractivity contribution is 7.90. The van der Waals surface area contributed by atoms with Gasteiger partial charge in [-0.05, 0) is 31.9 Å². The number of rotatable bonds is 6. The lowest BCUT2D eigenvalue weighted by Gasteiger charge is -2.35. The van der Waals surface area contributed by atoms with Gasteiger partial charge in [-0.15, -0.1) is 0 Å². The van der Waals surface area contributed by atoms with Gasteiger partial charge in [-0.1, -0.05) is 0 Å². The summed E-state index contributed by atoms with van der Waals surface area (Å²) in [6.07, 6.45) is 1.45. The Labute approximate surface area is 211 Å². The monoisotopic (exact) mass is 539 g/mol. The van der Waals surface area contributed by atoms with Crippen LogP contribution in [0.1, 0.15) is 24.5 Å². The quantitative estimate of drug-likeness (QED) is 0.460. The van der Waals surface area contributed by atoms with E-state index in [1.165, 1.54) is 22.9 Å². The number of alkyl halides is 3. The second-order valence-corrected chi connectivity index (χ2v) is 10.9. The molecule has 14 heteroatoms. The van der Waals surface area contributed by atoms with E-state index in [9.17, 15) is 26.4 Å². The zero-order chi connectivity index (χ0) is 27.0. The SMILES string of the molecule is COC(=O)N1c2ccc(-c3cnn(CCS(C)(=O)=O)c3)c(Oc3ncc(C(F)(F)F)cn3)c2CCC1C. The van der Waals surface area contributed by atoms with E-state index >= 15 is 0 Å². The fourth-order valence-electron chi connectivity index (χ4n) is 4.02. The van der Waals surface area contributed by atoms with E-state index in [-0.39, 0.29) is 30.1 Å². The Kier molecular flexibility index (Phi) is 7.13. The number of carbonyl (C=O) groups is 1. The van der Waals surface area contributed by atoms with Gasteiger partial charge >= 0.3 is 18.3 Å². The number of aryl methyl sites for hydroxylation is 1. The minimum atomic E-state index is -4.60. The zero-order valence-electron chi connectivity index (χ0n) is 20.2. The molecule has 198 valence electrons. The maximum atomic E-state index is 13.0. The Morgan fingerprint density at radius 2 is 1.89 bits per heavy atom. The molecule has 3 aromatic rings. The van der Waals surface area contributed by atoms with Crippen molar-refractivity contribution in [1.82, 2.24) is 19.7 Å². The third-order valence-corrected chi connectivity index (χ3v) is 6.83. The molecule has 10 nitrogen and oxygen atoms in total. The third kappa shape index (κ3) is 5.84. The highest BCUT2D eigenvalue weighted by Crippen LogP contribution is 2.44. The van der Waals surface area contributed by atoms with Crippen LogP contribution in [0, 0.1) is 0 Å². The van der Waals surface area contributed by atoms with Crippen molar-refractivity contribution in [1.29, 1.82) is 0 Å². The molecule has 0 N–H and O–H groups in total. The summed E-state index contributed by atoms with van der Waals surface area (Å²) in [6, 6.07) is 2.94. The molecule has 4 rings (SSSR count). The molecule has 0 saturated carbocycles. The van der Waals surface area contributed by atoms with E-state index in [2.05, 4.69) is 15.1 Å². The summed E-state index contributed by atoms with van der Waals surface area (Å²) < 4.78 is 74.3. The lowest BCUT2D eigenvalue weighted by molar-refractivity contribution is -0.138.